The van der Waals surface area contributed by atoms with Gasteiger partial charge < -0.3 is 14.8 Å². The van der Waals surface area contributed by atoms with Gasteiger partial charge in [-0.1, -0.05) is 6.07 Å². The number of carbonyl (C=O) groups excluding carboxylic acids is 1. The largest absolute Gasteiger partial charge is 0.495 e. The quantitative estimate of drug-likeness (QED) is 0.766. The summed E-state index contributed by atoms with van der Waals surface area (Å²) in [5.41, 5.74) is 1.43. The number of nitrogens with zero attached hydrogens (tertiary/aromatic N) is 1. The van der Waals surface area contributed by atoms with E-state index in [-0.39, 0.29) is 12.5 Å². The summed E-state index contributed by atoms with van der Waals surface area (Å²) in [6, 6.07) is 7.33. The minimum absolute atomic E-state index is 0.163. The molecule has 0 amide bonds. The van der Waals surface area contributed by atoms with Gasteiger partial charge in [-0.25, -0.2) is 0 Å². The summed E-state index contributed by atoms with van der Waals surface area (Å²) in [6.07, 6.45) is 0. The molecule has 0 aliphatic carbocycles. The summed E-state index contributed by atoms with van der Waals surface area (Å²) >= 11 is 0. The van der Waals surface area contributed by atoms with Crippen LogP contribution in [-0.4, -0.2) is 26.2 Å². The van der Waals surface area contributed by atoms with Crippen LogP contribution in [0.1, 0.15) is 18.1 Å². The maximum Gasteiger partial charge on any atom is 0.319 e. The number of hydrogen-bond acceptors (Lipinski definition) is 5. The fraction of sp³-hybridized carbons (Fsp3) is 0.385. The number of esters is 1. The van der Waals surface area contributed by atoms with Crippen LogP contribution in [0.5, 0.6) is 5.75 Å². The van der Waals surface area contributed by atoms with Gasteiger partial charge in [0.15, 0.2) is 0 Å². The lowest BCUT2D eigenvalue weighted by atomic mass is 10.1. The van der Waals surface area contributed by atoms with Crippen LogP contribution < -0.4 is 10.1 Å². The monoisotopic (exact) mass is 248 g/mol. The second-order valence-electron chi connectivity index (χ2n) is 3.56. The molecular weight excluding hydrogens is 232 g/mol. The van der Waals surface area contributed by atoms with Crippen LogP contribution >= 0.6 is 0 Å². The van der Waals surface area contributed by atoms with Gasteiger partial charge in [-0.15, -0.1) is 0 Å². The molecule has 0 saturated carbocycles. The molecule has 0 atom stereocenters. The summed E-state index contributed by atoms with van der Waals surface area (Å²) < 4.78 is 9.89. The summed E-state index contributed by atoms with van der Waals surface area (Å²) in [5.74, 6) is 0.256. The van der Waals surface area contributed by atoms with E-state index in [1.54, 1.807) is 19.1 Å². The molecule has 0 aliphatic rings. The van der Waals surface area contributed by atoms with E-state index in [0.717, 1.165) is 5.56 Å². The molecule has 1 aromatic rings. The maximum absolute atomic E-state index is 11.1. The zero-order valence-electron chi connectivity index (χ0n) is 10.5. The van der Waals surface area contributed by atoms with Gasteiger partial charge in [-0.05, 0) is 24.6 Å². The summed E-state index contributed by atoms with van der Waals surface area (Å²) in [4.78, 5) is 11.1. The first-order valence-corrected chi connectivity index (χ1v) is 5.64. The van der Waals surface area contributed by atoms with Gasteiger partial charge >= 0.3 is 5.97 Å². The average Bonchev–Trinajstić information content (AvgIpc) is 2.38. The molecule has 0 radical (unpaired) electrons. The number of nitriles is 1. The molecule has 0 saturated heterocycles. The highest BCUT2D eigenvalue weighted by Gasteiger charge is 2.05. The Morgan fingerprint density at radius 2 is 2.28 bits per heavy atom. The van der Waals surface area contributed by atoms with Crippen LogP contribution in [0, 0.1) is 11.3 Å². The van der Waals surface area contributed by atoms with E-state index in [1.165, 1.54) is 7.11 Å². The van der Waals surface area contributed by atoms with E-state index < -0.39 is 0 Å². The third kappa shape index (κ3) is 4.07. The van der Waals surface area contributed by atoms with Crippen molar-refractivity contribution in [1.29, 1.82) is 5.26 Å². The highest BCUT2D eigenvalue weighted by atomic mass is 16.5. The molecule has 0 spiro atoms. The molecule has 0 fully saturated rings. The van der Waals surface area contributed by atoms with E-state index in [4.69, 9.17) is 14.7 Å². The standard InChI is InChI=1S/C13H16N2O3/c1-3-18-13(16)9-15-8-10-4-5-11(7-14)12(6-10)17-2/h4-6,15H,3,8-9H2,1-2H3. The van der Waals surface area contributed by atoms with Crippen LogP contribution in [-0.2, 0) is 16.1 Å². The molecule has 1 rings (SSSR count). The summed E-state index contributed by atoms with van der Waals surface area (Å²) in [6.45, 7) is 2.83. The molecule has 0 aromatic heterocycles. The maximum atomic E-state index is 11.1. The van der Waals surface area contributed by atoms with Crippen molar-refractivity contribution in [2.45, 2.75) is 13.5 Å². The molecule has 0 heterocycles. The fourth-order valence-electron chi connectivity index (χ4n) is 1.46. The SMILES string of the molecule is CCOC(=O)CNCc1ccc(C#N)c(OC)c1. The van der Waals surface area contributed by atoms with Crippen LogP contribution in [0.2, 0.25) is 0 Å². The van der Waals surface area contributed by atoms with Crippen molar-refractivity contribution >= 4 is 5.97 Å². The molecule has 5 nitrogen and oxygen atoms in total. The second kappa shape index (κ2) is 7.30. The van der Waals surface area contributed by atoms with E-state index in [0.29, 0.717) is 24.5 Å². The van der Waals surface area contributed by atoms with Crippen molar-refractivity contribution in [3.8, 4) is 11.8 Å². The molecule has 5 heteroatoms. The molecule has 1 N–H and O–H groups in total. The zero-order valence-corrected chi connectivity index (χ0v) is 10.5. The van der Waals surface area contributed by atoms with Gasteiger partial charge in [0.25, 0.3) is 0 Å². The Bertz CT molecular complexity index is 452. The van der Waals surface area contributed by atoms with Crippen molar-refractivity contribution in [2.75, 3.05) is 20.3 Å². The molecule has 0 unspecified atom stereocenters. The normalized spacial score (nSPS) is 9.61. The highest BCUT2D eigenvalue weighted by molar-refractivity contribution is 5.71. The first-order chi connectivity index (χ1) is 8.71. The molecular formula is C13H16N2O3. The van der Waals surface area contributed by atoms with Crippen LogP contribution in [0.3, 0.4) is 0 Å². The number of ether oxygens (including phenoxy) is 2. The lowest BCUT2D eigenvalue weighted by molar-refractivity contribution is -0.142. The van der Waals surface area contributed by atoms with Crippen molar-refractivity contribution in [1.82, 2.24) is 5.32 Å². The number of hydrogen-bond donors (Lipinski definition) is 1. The zero-order chi connectivity index (χ0) is 13.4. The van der Waals surface area contributed by atoms with Crippen LogP contribution in [0.15, 0.2) is 18.2 Å². The fourth-order valence-corrected chi connectivity index (χ4v) is 1.46. The second-order valence-corrected chi connectivity index (χ2v) is 3.56. The minimum Gasteiger partial charge on any atom is -0.495 e. The Morgan fingerprint density at radius 1 is 1.50 bits per heavy atom. The lowest BCUT2D eigenvalue weighted by Gasteiger charge is -2.07. The molecule has 0 aliphatic heterocycles. The highest BCUT2D eigenvalue weighted by Crippen LogP contribution is 2.18. The van der Waals surface area contributed by atoms with Gasteiger partial charge in [0.1, 0.15) is 11.8 Å². The van der Waals surface area contributed by atoms with Gasteiger partial charge in [-0.2, -0.15) is 5.26 Å². The third-order valence-corrected chi connectivity index (χ3v) is 2.29. The van der Waals surface area contributed by atoms with Gasteiger partial charge in [-0.3, -0.25) is 4.79 Å². The van der Waals surface area contributed by atoms with E-state index >= 15 is 0 Å². The third-order valence-electron chi connectivity index (χ3n) is 2.29. The van der Waals surface area contributed by atoms with E-state index in [2.05, 4.69) is 5.32 Å². The Hall–Kier alpha value is -2.06. The van der Waals surface area contributed by atoms with Crippen molar-refractivity contribution < 1.29 is 14.3 Å². The number of carbonyl (C=O) groups is 1. The lowest BCUT2D eigenvalue weighted by Crippen LogP contribution is -2.24. The van der Waals surface area contributed by atoms with Crippen molar-refractivity contribution in [3.63, 3.8) is 0 Å². The first-order valence-electron chi connectivity index (χ1n) is 5.64. The van der Waals surface area contributed by atoms with Gasteiger partial charge in [0, 0.05) is 6.54 Å². The Labute approximate surface area is 106 Å². The Kier molecular flexibility index (Phi) is 5.68. The molecule has 1 aromatic carbocycles. The molecule has 18 heavy (non-hydrogen) atoms. The number of nitrogens with one attached hydrogen (secondary N) is 1. The number of benzene rings is 1. The Morgan fingerprint density at radius 3 is 2.89 bits per heavy atom. The van der Waals surface area contributed by atoms with E-state index in [1.807, 2.05) is 12.1 Å². The minimum atomic E-state index is -0.280. The van der Waals surface area contributed by atoms with Crippen LogP contribution in [0.25, 0.3) is 0 Å². The number of methoxy groups -OCH3 is 1. The number of rotatable bonds is 6. The Balaban J connectivity index is 2.53. The summed E-state index contributed by atoms with van der Waals surface area (Å²) in [7, 11) is 1.52. The first kappa shape index (κ1) is 14.0. The summed E-state index contributed by atoms with van der Waals surface area (Å²) in [5, 5.41) is 11.8. The van der Waals surface area contributed by atoms with Gasteiger partial charge in [0.05, 0.1) is 25.8 Å². The predicted molar refractivity (Wildman–Crippen MR) is 66.0 cm³/mol. The van der Waals surface area contributed by atoms with Gasteiger partial charge in [0.2, 0.25) is 0 Å². The average molecular weight is 248 g/mol. The predicted octanol–water partition coefficient (Wildman–Crippen LogP) is 1.22. The van der Waals surface area contributed by atoms with Crippen LogP contribution in [0.4, 0.5) is 0 Å². The van der Waals surface area contributed by atoms with E-state index in [9.17, 15) is 4.79 Å². The topological polar surface area (TPSA) is 71.3 Å². The van der Waals surface area contributed by atoms with Crippen molar-refractivity contribution in [2.24, 2.45) is 0 Å². The smallest absolute Gasteiger partial charge is 0.319 e. The molecule has 0 bridgehead atoms. The van der Waals surface area contributed by atoms with Crippen molar-refractivity contribution in [3.05, 3.63) is 29.3 Å². The molecule has 96 valence electrons.